The molecule has 9 heteroatoms. The smallest absolute Gasteiger partial charge is 0.242 e. The van der Waals surface area contributed by atoms with E-state index in [1.54, 1.807) is 32.4 Å². The second-order valence-electron chi connectivity index (χ2n) is 5.71. The number of nitrogens with zero attached hydrogens (tertiary/aromatic N) is 2. The molecule has 0 spiro atoms. The van der Waals surface area contributed by atoms with Crippen LogP contribution in [0.4, 0.5) is 0 Å². The molecular formula is C17H30N4O4S. The molecule has 0 radical (unpaired) electrons. The van der Waals surface area contributed by atoms with Gasteiger partial charge >= 0.3 is 0 Å². The van der Waals surface area contributed by atoms with Gasteiger partial charge in [0.2, 0.25) is 10.0 Å². The molecule has 0 saturated heterocycles. The zero-order valence-corrected chi connectivity index (χ0v) is 16.8. The highest BCUT2D eigenvalue weighted by molar-refractivity contribution is 7.89. The fraction of sp³-hybridized carbons (Fsp3) is 0.588. The SMILES string of the molecule is CN=C(NCCCOCCOC)NCc1ccccc1S(=O)(=O)N(C)C. The second-order valence-corrected chi connectivity index (χ2v) is 7.83. The number of guanidine groups is 1. The maximum absolute atomic E-state index is 12.4. The van der Waals surface area contributed by atoms with E-state index >= 15 is 0 Å². The maximum Gasteiger partial charge on any atom is 0.242 e. The molecule has 0 saturated carbocycles. The van der Waals surface area contributed by atoms with Crippen molar-refractivity contribution in [3.05, 3.63) is 29.8 Å². The van der Waals surface area contributed by atoms with Crippen LogP contribution in [0.1, 0.15) is 12.0 Å². The lowest BCUT2D eigenvalue weighted by Gasteiger charge is -2.17. The molecule has 0 bridgehead atoms. The van der Waals surface area contributed by atoms with E-state index in [9.17, 15) is 8.42 Å². The Morgan fingerprint density at radius 1 is 1.15 bits per heavy atom. The topological polar surface area (TPSA) is 92.3 Å². The van der Waals surface area contributed by atoms with Crippen molar-refractivity contribution in [2.24, 2.45) is 4.99 Å². The van der Waals surface area contributed by atoms with E-state index in [0.29, 0.717) is 49.3 Å². The van der Waals surface area contributed by atoms with Crippen LogP contribution in [-0.2, 0) is 26.0 Å². The molecular weight excluding hydrogens is 356 g/mol. The Kier molecular flexibility index (Phi) is 10.2. The number of benzene rings is 1. The number of methoxy groups -OCH3 is 1. The Hall–Kier alpha value is -1.68. The molecule has 0 aliphatic carbocycles. The van der Waals surface area contributed by atoms with Crippen molar-refractivity contribution in [1.29, 1.82) is 0 Å². The fourth-order valence-electron chi connectivity index (χ4n) is 2.12. The van der Waals surface area contributed by atoms with Crippen molar-refractivity contribution >= 4 is 16.0 Å². The van der Waals surface area contributed by atoms with Gasteiger partial charge in [0, 0.05) is 47.9 Å². The summed E-state index contributed by atoms with van der Waals surface area (Å²) in [5.74, 6) is 0.610. The van der Waals surface area contributed by atoms with Crippen LogP contribution in [-0.4, -0.2) is 73.3 Å². The van der Waals surface area contributed by atoms with Gasteiger partial charge in [-0.05, 0) is 18.1 Å². The molecule has 0 unspecified atom stereocenters. The van der Waals surface area contributed by atoms with E-state index in [0.717, 1.165) is 6.42 Å². The minimum atomic E-state index is -3.49. The molecule has 0 aliphatic rings. The third kappa shape index (κ3) is 7.28. The summed E-state index contributed by atoms with van der Waals surface area (Å²) in [6.07, 6.45) is 0.829. The van der Waals surface area contributed by atoms with Gasteiger partial charge in [0.05, 0.1) is 18.1 Å². The summed E-state index contributed by atoms with van der Waals surface area (Å²) in [5.41, 5.74) is 0.687. The van der Waals surface area contributed by atoms with Gasteiger partial charge in [0.25, 0.3) is 0 Å². The average molecular weight is 387 g/mol. The number of nitrogens with one attached hydrogen (secondary N) is 2. The summed E-state index contributed by atoms with van der Waals surface area (Å²) in [7, 11) is 2.87. The van der Waals surface area contributed by atoms with Crippen molar-refractivity contribution in [1.82, 2.24) is 14.9 Å². The number of sulfonamides is 1. The first kappa shape index (κ1) is 22.4. The summed E-state index contributed by atoms with van der Waals surface area (Å²) >= 11 is 0. The van der Waals surface area contributed by atoms with Crippen LogP contribution >= 0.6 is 0 Å². The monoisotopic (exact) mass is 386 g/mol. The molecule has 148 valence electrons. The van der Waals surface area contributed by atoms with Crippen LogP contribution in [0, 0.1) is 0 Å². The van der Waals surface area contributed by atoms with Gasteiger partial charge in [-0.15, -0.1) is 0 Å². The van der Waals surface area contributed by atoms with Gasteiger partial charge in [-0.2, -0.15) is 0 Å². The number of rotatable bonds is 11. The summed E-state index contributed by atoms with van der Waals surface area (Å²) in [5, 5.41) is 6.32. The van der Waals surface area contributed by atoms with Crippen LogP contribution in [0.15, 0.2) is 34.2 Å². The molecule has 0 aromatic heterocycles. The molecule has 0 aliphatic heterocycles. The third-order valence-electron chi connectivity index (χ3n) is 3.59. The van der Waals surface area contributed by atoms with Crippen LogP contribution in [0.5, 0.6) is 0 Å². The number of hydrogen-bond acceptors (Lipinski definition) is 5. The second kappa shape index (κ2) is 11.8. The van der Waals surface area contributed by atoms with Crippen LogP contribution < -0.4 is 10.6 Å². The zero-order chi connectivity index (χ0) is 19.4. The fourth-order valence-corrected chi connectivity index (χ4v) is 3.24. The predicted octanol–water partition coefficient (Wildman–Crippen LogP) is 0.655. The van der Waals surface area contributed by atoms with E-state index in [1.165, 1.54) is 18.4 Å². The Morgan fingerprint density at radius 3 is 2.54 bits per heavy atom. The highest BCUT2D eigenvalue weighted by Gasteiger charge is 2.20. The number of aliphatic imine (C=N–C) groups is 1. The molecule has 1 aromatic carbocycles. The Bertz CT molecular complexity index is 662. The first-order valence-corrected chi connectivity index (χ1v) is 9.89. The van der Waals surface area contributed by atoms with Crippen LogP contribution in [0.25, 0.3) is 0 Å². The average Bonchev–Trinajstić information content (AvgIpc) is 2.63. The molecule has 26 heavy (non-hydrogen) atoms. The molecule has 1 aromatic rings. The van der Waals surface area contributed by atoms with Gasteiger partial charge in [0.1, 0.15) is 0 Å². The lowest BCUT2D eigenvalue weighted by molar-refractivity contribution is 0.0698. The van der Waals surface area contributed by atoms with Gasteiger partial charge in [0.15, 0.2) is 5.96 Å². The molecule has 0 fully saturated rings. The minimum absolute atomic E-state index is 0.291. The summed E-state index contributed by atoms with van der Waals surface area (Å²) in [6, 6.07) is 6.94. The molecule has 1 rings (SSSR count). The molecule has 0 atom stereocenters. The van der Waals surface area contributed by atoms with Crippen molar-refractivity contribution in [3.63, 3.8) is 0 Å². The van der Waals surface area contributed by atoms with Crippen LogP contribution in [0.3, 0.4) is 0 Å². The normalized spacial score (nSPS) is 12.4. The molecule has 2 N–H and O–H groups in total. The van der Waals surface area contributed by atoms with Crippen LogP contribution in [0.2, 0.25) is 0 Å². The van der Waals surface area contributed by atoms with Crippen molar-refractivity contribution in [2.75, 3.05) is 54.6 Å². The predicted molar refractivity (Wildman–Crippen MR) is 103 cm³/mol. The molecule has 8 nitrogen and oxygen atoms in total. The highest BCUT2D eigenvalue weighted by Crippen LogP contribution is 2.18. The van der Waals surface area contributed by atoms with Gasteiger partial charge in [-0.1, -0.05) is 18.2 Å². The Balaban J connectivity index is 2.52. The summed E-state index contributed by atoms with van der Waals surface area (Å²) < 4.78 is 36.4. The first-order chi connectivity index (χ1) is 12.4. The number of hydrogen-bond donors (Lipinski definition) is 2. The van der Waals surface area contributed by atoms with Crippen molar-refractivity contribution < 1.29 is 17.9 Å². The summed E-state index contributed by atoms with van der Waals surface area (Å²) in [4.78, 5) is 4.44. The lowest BCUT2D eigenvalue weighted by atomic mass is 10.2. The molecule has 0 heterocycles. The van der Waals surface area contributed by atoms with E-state index < -0.39 is 10.0 Å². The van der Waals surface area contributed by atoms with E-state index in [4.69, 9.17) is 9.47 Å². The Labute approximate surface area is 156 Å². The van der Waals surface area contributed by atoms with Gasteiger partial charge < -0.3 is 20.1 Å². The zero-order valence-electron chi connectivity index (χ0n) is 16.0. The quantitative estimate of drug-likeness (QED) is 0.330. The van der Waals surface area contributed by atoms with Crippen molar-refractivity contribution in [3.8, 4) is 0 Å². The van der Waals surface area contributed by atoms with E-state index in [2.05, 4.69) is 15.6 Å². The first-order valence-electron chi connectivity index (χ1n) is 8.45. The van der Waals surface area contributed by atoms with Gasteiger partial charge in [-0.25, -0.2) is 12.7 Å². The lowest BCUT2D eigenvalue weighted by Crippen LogP contribution is -2.38. The summed E-state index contributed by atoms with van der Waals surface area (Å²) in [6.45, 7) is 2.86. The standard InChI is InChI=1S/C17H30N4O4S/c1-18-17(19-10-7-11-25-13-12-24-4)20-14-15-8-5-6-9-16(15)26(22,23)21(2)3/h5-6,8-9H,7,10-14H2,1-4H3,(H2,18,19,20). The highest BCUT2D eigenvalue weighted by atomic mass is 32.2. The minimum Gasteiger partial charge on any atom is -0.382 e. The van der Waals surface area contributed by atoms with E-state index in [1.807, 2.05) is 6.07 Å². The molecule has 0 amide bonds. The van der Waals surface area contributed by atoms with E-state index in [-0.39, 0.29) is 0 Å². The van der Waals surface area contributed by atoms with Gasteiger partial charge in [-0.3, -0.25) is 4.99 Å². The van der Waals surface area contributed by atoms with Crippen molar-refractivity contribution in [2.45, 2.75) is 17.9 Å². The Morgan fingerprint density at radius 2 is 1.88 bits per heavy atom. The number of ether oxygens (including phenoxy) is 2. The third-order valence-corrected chi connectivity index (χ3v) is 5.51. The largest absolute Gasteiger partial charge is 0.382 e. The maximum atomic E-state index is 12.4.